The number of hydrogen-bond donors (Lipinski definition) is 5. The Morgan fingerprint density at radius 2 is 1.71 bits per heavy atom. The van der Waals surface area contributed by atoms with Gasteiger partial charge in [-0.2, -0.15) is 0 Å². The zero-order valence-corrected chi connectivity index (χ0v) is 14.6. The van der Waals surface area contributed by atoms with Gasteiger partial charge in [0, 0.05) is 5.75 Å². The number of hydrogen-bond acceptors (Lipinski definition) is 9. The van der Waals surface area contributed by atoms with Gasteiger partial charge in [0.05, 0.1) is 12.6 Å². The summed E-state index contributed by atoms with van der Waals surface area (Å²) in [5, 5.41) is 7.72. The highest BCUT2D eigenvalue weighted by atomic mass is 32.2. The normalized spacial score (nSPS) is 16.6. The molecule has 0 saturated carbocycles. The Labute approximate surface area is 143 Å². The first-order chi connectivity index (χ1) is 10.8. The zero-order valence-electron chi connectivity index (χ0n) is 13.8. The minimum absolute atomic E-state index is 0.233. The maximum atomic E-state index is 12.4. The summed E-state index contributed by atoms with van der Waals surface area (Å²) >= 11 is 0.603. The lowest BCUT2D eigenvalue weighted by molar-refractivity contribution is -0.161. The van der Waals surface area contributed by atoms with Crippen molar-refractivity contribution in [1.29, 1.82) is 0 Å². The highest BCUT2D eigenvalue weighted by Gasteiger charge is 2.53. The minimum Gasteiger partial charge on any atom is -0.479 e. The van der Waals surface area contributed by atoms with Crippen LogP contribution >= 0.6 is 11.8 Å². The number of carboxylic acid groups (broad SMARTS) is 1. The summed E-state index contributed by atoms with van der Waals surface area (Å²) in [4.78, 5) is 47.0. The van der Waals surface area contributed by atoms with Crippen LogP contribution in [0.1, 0.15) is 20.8 Å². The summed E-state index contributed by atoms with van der Waals surface area (Å²) in [7, 11) is 0. The van der Waals surface area contributed by atoms with Crippen LogP contribution in [0.5, 0.6) is 0 Å². The number of thioether (sulfide) groups is 1. The van der Waals surface area contributed by atoms with E-state index in [1.54, 1.807) is 20.8 Å². The molecule has 0 aliphatic rings. The van der Waals surface area contributed by atoms with Crippen LogP contribution in [0.3, 0.4) is 0 Å². The van der Waals surface area contributed by atoms with Gasteiger partial charge >= 0.3 is 11.9 Å². The molecule has 1 amide bonds. The van der Waals surface area contributed by atoms with Crippen LogP contribution in [0.25, 0.3) is 0 Å². The molecule has 0 aliphatic heterocycles. The Bertz CT molecular complexity index is 521. The number of Topliss-reactive ketones (excluding diaryl/α,β-unsaturated/α-hetero) is 1. The van der Waals surface area contributed by atoms with Crippen LogP contribution in [0.4, 0.5) is 0 Å². The second-order valence-corrected chi connectivity index (χ2v) is 7.20. The number of ketones is 1. The van der Waals surface area contributed by atoms with E-state index < -0.39 is 52.6 Å². The fourth-order valence-corrected chi connectivity index (χ4v) is 2.81. The van der Waals surface area contributed by atoms with E-state index in [0.29, 0.717) is 11.8 Å². The molecule has 0 spiro atoms. The molecule has 9 N–H and O–H groups in total. The quantitative estimate of drug-likeness (QED) is 0.216. The third-order valence-corrected chi connectivity index (χ3v) is 4.29. The van der Waals surface area contributed by atoms with Crippen molar-refractivity contribution in [3.8, 4) is 0 Å². The van der Waals surface area contributed by atoms with Crippen LogP contribution in [-0.4, -0.2) is 63.5 Å². The van der Waals surface area contributed by atoms with Crippen molar-refractivity contribution < 1.29 is 29.0 Å². The van der Waals surface area contributed by atoms with Crippen molar-refractivity contribution >= 4 is 35.4 Å². The third kappa shape index (κ3) is 5.74. The summed E-state index contributed by atoms with van der Waals surface area (Å²) < 4.78 is 5.13. The number of rotatable bonds is 9. The summed E-state index contributed by atoms with van der Waals surface area (Å²) in [6, 6.07) is -1.16. The van der Waals surface area contributed by atoms with Crippen LogP contribution in [0, 0.1) is 0 Å². The second kappa shape index (κ2) is 8.42. The molecule has 0 radical (unpaired) electrons. The number of esters is 1. The number of primary amides is 1. The van der Waals surface area contributed by atoms with E-state index in [-0.39, 0.29) is 5.75 Å². The molecule has 11 heteroatoms. The van der Waals surface area contributed by atoms with E-state index in [0.717, 1.165) is 0 Å². The average Bonchev–Trinajstić information content (AvgIpc) is 2.43. The molecule has 3 unspecified atom stereocenters. The standard InChI is InChI=1S/C13H24N4O6S/c1-12(2,3)23-10(20)8(24-5-6(15)9(16)19)13(17,11(21)22)7(18)4-14/h6,8H,4-5,14-15,17H2,1-3H3,(H2,16,19)(H,21,22). The molecular formula is C13H24N4O6S. The van der Waals surface area contributed by atoms with Gasteiger partial charge in [0.2, 0.25) is 5.91 Å². The molecule has 0 saturated heterocycles. The molecule has 0 aliphatic carbocycles. The van der Waals surface area contributed by atoms with Gasteiger partial charge in [-0.25, -0.2) is 4.79 Å². The molecule has 0 aromatic rings. The minimum atomic E-state index is -2.63. The van der Waals surface area contributed by atoms with Crippen molar-refractivity contribution in [2.45, 2.75) is 43.2 Å². The summed E-state index contributed by atoms with van der Waals surface area (Å²) in [6.07, 6.45) is 0. The molecule has 0 rings (SSSR count). The first kappa shape index (κ1) is 22.3. The lowest BCUT2D eigenvalue weighted by Crippen LogP contribution is -2.66. The second-order valence-electron chi connectivity index (χ2n) is 6.06. The number of carbonyl (C=O) groups excluding carboxylic acids is 3. The molecular weight excluding hydrogens is 340 g/mol. The number of nitrogens with two attached hydrogens (primary N) is 4. The van der Waals surface area contributed by atoms with E-state index in [2.05, 4.69) is 0 Å². The molecule has 0 aromatic carbocycles. The van der Waals surface area contributed by atoms with Crippen LogP contribution < -0.4 is 22.9 Å². The van der Waals surface area contributed by atoms with Gasteiger partial charge < -0.3 is 32.8 Å². The Hall–Kier alpha value is -1.69. The SMILES string of the molecule is CC(C)(C)OC(=O)C(SCC(N)C(N)=O)C(N)(C(=O)O)C(=O)CN. The monoisotopic (exact) mass is 364 g/mol. The van der Waals surface area contributed by atoms with Crippen molar-refractivity contribution in [3.63, 3.8) is 0 Å². The maximum absolute atomic E-state index is 12.4. The number of carboxylic acids is 1. The topological polar surface area (TPSA) is 202 Å². The molecule has 10 nitrogen and oxygen atoms in total. The molecule has 0 fully saturated rings. The first-order valence-electron chi connectivity index (χ1n) is 6.92. The highest BCUT2D eigenvalue weighted by Crippen LogP contribution is 2.27. The van der Waals surface area contributed by atoms with E-state index in [9.17, 15) is 24.3 Å². The maximum Gasteiger partial charge on any atom is 0.333 e. The molecule has 138 valence electrons. The highest BCUT2D eigenvalue weighted by molar-refractivity contribution is 8.00. The smallest absolute Gasteiger partial charge is 0.333 e. The Morgan fingerprint density at radius 1 is 1.21 bits per heavy atom. The van der Waals surface area contributed by atoms with Crippen molar-refractivity contribution in [1.82, 2.24) is 0 Å². The van der Waals surface area contributed by atoms with E-state index in [4.69, 9.17) is 27.7 Å². The van der Waals surface area contributed by atoms with E-state index in [1.165, 1.54) is 0 Å². The fraction of sp³-hybridized carbons (Fsp3) is 0.692. The van der Waals surface area contributed by atoms with Gasteiger partial charge in [-0.05, 0) is 20.8 Å². The van der Waals surface area contributed by atoms with Crippen LogP contribution in [0.2, 0.25) is 0 Å². The Balaban J connectivity index is 5.73. The number of ether oxygens (including phenoxy) is 1. The van der Waals surface area contributed by atoms with Crippen molar-refractivity contribution in [2.24, 2.45) is 22.9 Å². The molecule has 0 bridgehead atoms. The largest absolute Gasteiger partial charge is 0.479 e. The number of carbonyl (C=O) groups is 4. The van der Waals surface area contributed by atoms with E-state index in [1.807, 2.05) is 0 Å². The number of amides is 1. The van der Waals surface area contributed by atoms with Gasteiger partial charge in [0.1, 0.15) is 10.9 Å². The molecule has 0 aromatic heterocycles. The third-order valence-electron chi connectivity index (χ3n) is 2.84. The first-order valence-corrected chi connectivity index (χ1v) is 7.97. The van der Waals surface area contributed by atoms with Gasteiger partial charge in [0.15, 0.2) is 11.3 Å². The summed E-state index contributed by atoms with van der Waals surface area (Å²) in [5.74, 6) is -4.92. The van der Waals surface area contributed by atoms with Gasteiger partial charge in [-0.3, -0.25) is 14.4 Å². The summed E-state index contributed by atoms with van der Waals surface area (Å²) in [5.41, 5.74) is 17.9. The van der Waals surface area contributed by atoms with Gasteiger partial charge in [0.25, 0.3) is 0 Å². The average molecular weight is 364 g/mol. The lowest BCUT2D eigenvalue weighted by Gasteiger charge is -2.32. The van der Waals surface area contributed by atoms with Crippen molar-refractivity contribution in [2.75, 3.05) is 12.3 Å². The van der Waals surface area contributed by atoms with Gasteiger partial charge in [-0.1, -0.05) is 0 Å². The Kier molecular flexibility index (Phi) is 7.83. The molecule has 24 heavy (non-hydrogen) atoms. The predicted molar refractivity (Wildman–Crippen MR) is 87.9 cm³/mol. The van der Waals surface area contributed by atoms with Crippen LogP contribution in [-0.2, 0) is 23.9 Å². The summed E-state index contributed by atoms with van der Waals surface area (Å²) in [6.45, 7) is 3.99. The molecule has 0 heterocycles. The van der Waals surface area contributed by atoms with Gasteiger partial charge in [-0.15, -0.1) is 11.8 Å². The molecule has 3 atom stereocenters. The fourth-order valence-electron chi connectivity index (χ4n) is 1.57. The predicted octanol–water partition coefficient (Wildman–Crippen LogP) is -2.45. The lowest BCUT2D eigenvalue weighted by atomic mass is 9.90. The van der Waals surface area contributed by atoms with Crippen LogP contribution in [0.15, 0.2) is 0 Å². The van der Waals surface area contributed by atoms with E-state index >= 15 is 0 Å². The zero-order chi connectivity index (χ0) is 19.3. The Morgan fingerprint density at radius 3 is 2.04 bits per heavy atom. The number of aliphatic carboxylic acids is 1. The van der Waals surface area contributed by atoms with Crippen molar-refractivity contribution in [3.05, 3.63) is 0 Å².